The van der Waals surface area contributed by atoms with Crippen LogP contribution in [0.25, 0.3) is 0 Å². The van der Waals surface area contributed by atoms with Gasteiger partial charge in [-0.25, -0.2) is 0 Å². The molecule has 11 nitrogen and oxygen atoms in total. The molecule has 2 heterocycles. The number of amidine groups is 1. The number of thiophene rings is 1. The van der Waals surface area contributed by atoms with Crippen LogP contribution < -0.4 is 15.5 Å². The average molecular weight is 576 g/mol. The van der Waals surface area contributed by atoms with Gasteiger partial charge in [0.2, 0.25) is 0 Å². The third kappa shape index (κ3) is 7.77. The monoisotopic (exact) mass is 575 g/mol. The number of carbonyl (C=O) groups is 2. The molecule has 1 aliphatic heterocycles. The fourth-order valence-electron chi connectivity index (χ4n) is 3.32. The number of aryl methyl sites for hydroxylation is 1. The van der Waals surface area contributed by atoms with Crippen molar-refractivity contribution in [2.45, 2.75) is 6.92 Å². The first-order valence-corrected chi connectivity index (χ1v) is 13.8. The smallest absolute Gasteiger partial charge is 0.289 e. The van der Waals surface area contributed by atoms with E-state index >= 15 is 0 Å². The van der Waals surface area contributed by atoms with Crippen LogP contribution in [0.15, 0.2) is 48.5 Å². The van der Waals surface area contributed by atoms with Gasteiger partial charge in [-0.15, -0.1) is 11.3 Å². The van der Waals surface area contributed by atoms with E-state index in [0.717, 1.165) is 17.0 Å². The van der Waals surface area contributed by atoms with Crippen molar-refractivity contribution in [2.24, 2.45) is 0 Å². The molecule has 0 bridgehead atoms. The van der Waals surface area contributed by atoms with Crippen LogP contribution in [-0.4, -0.2) is 50.2 Å². The highest BCUT2D eigenvalue weighted by Crippen LogP contribution is 2.27. The molecule has 1 aromatic heterocycles. The number of hydrogen-bond acceptors (Lipinski definition) is 8. The molecule has 0 radical (unpaired) electrons. The zero-order chi connectivity index (χ0) is 28.0. The van der Waals surface area contributed by atoms with Crippen molar-refractivity contribution < 1.29 is 27.3 Å². The van der Waals surface area contributed by atoms with Gasteiger partial charge in [0.05, 0.1) is 44.9 Å². The van der Waals surface area contributed by atoms with Gasteiger partial charge in [0, 0.05) is 11.4 Å². The van der Waals surface area contributed by atoms with Crippen LogP contribution in [0, 0.1) is 23.7 Å². The lowest BCUT2D eigenvalue weighted by Crippen LogP contribution is -2.23. The summed E-state index contributed by atoms with van der Waals surface area (Å²) in [5.74, 6) is -0.874. The van der Waals surface area contributed by atoms with Crippen molar-refractivity contribution in [3.05, 3.63) is 74.4 Å². The van der Waals surface area contributed by atoms with Crippen LogP contribution in [0.2, 0.25) is 4.34 Å². The van der Waals surface area contributed by atoms with E-state index < -0.39 is 21.9 Å². The first-order valence-electron chi connectivity index (χ1n) is 10.8. The zero-order valence-corrected chi connectivity index (χ0v) is 22.5. The minimum atomic E-state index is -3.67. The van der Waals surface area contributed by atoms with Crippen molar-refractivity contribution in [1.29, 1.82) is 10.7 Å². The molecule has 0 saturated carbocycles. The van der Waals surface area contributed by atoms with Gasteiger partial charge in [-0.05, 0) is 61.0 Å². The van der Waals surface area contributed by atoms with E-state index in [9.17, 15) is 23.3 Å². The predicted octanol–water partition coefficient (Wildman–Crippen LogP) is 4.36. The van der Waals surface area contributed by atoms with Crippen LogP contribution in [-0.2, 0) is 14.9 Å². The molecule has 2 amide bonds. The Hall–Kier alpha value is -3.96. The van der Waals surface area contributed by atoms with Crippen molar-refractivity contribution in [2.75, 3.05) is 34.9 Å². The van der Waals surface area contributed by atoms with Gasteiger partial charge in [0.1, 0.15) is 6.61 Å². The molecule has 0 spiro atoms. The van der Waals surface area contributed by atoms with E-state index in [1.54, 1.807) is 54.3 Å². The SMILES string of the molecule is CS(=O)(=O)O.Cc1cc(NC(=O)c2ccc(Cl)s2)c(C(=O)Nc2ccc(N3CCOC3=N)cc2)cc1C#N. The quantitative estimate of drug-likeness (QED) is 0.325. The van der Waals surface area contributed by atoms with Gasteiger partial charge in [-0.2, -0.15) is 13.7 Å². The molecule has 4 rings (SSSR count). The number of carbonyl (C=O) groups excluding carboxylic acids is 2. The molecule has 4 N–H and O–H groups in total. The molecular weight excluding hydrogens is 554 g/mol. The van der Waals surface area contributed by atoms with E-state index in [2.05, 4.69) is 16.7 Å². The van der Waals surface area contributed by atoms with Crippen LogP contribution in [0.1, 0.15) is 31.2 Å². The molecule has 1 saturated heterocycles. The standard InChI is InChI=1S/C23H18ClN5O3S.CH4O3S/c1-13-10-18(28-22(31)19-6-7-20(24)33-19)17(11-14(13)12-25)21(30)27-15-2-4-16(5-3-15)29-8-9-32-23(29)26;1-5(2,3)4/h2-7,10-11,26H,8-9H2,1H3,(H,27,30)(H,28,31);1H3,(H,2,3,4). The summed E-state index contributed by atoms with van der Waals surface area (Å²) in [5.41, 5.74) is 2.72. The maximum absolute atomic E-state index is 13.1. The molecule has 2 aromatic carbocycles. The molecule has 198 valence electrons. The van der Waals surface area contributed by atoms with Crippen LogP contribution in [0.3, 0.4) is 0 Å². The second-order valence-electron chi connectivity index (χ2n) is 7.92. The summed E-state index contributed by atoms with van der Waals surface area (Å²) in [5, 5.41) is 22.7. The van der Waals surface area contributed by atoms with Crippen molar-refractivity contribution in [3.63, 3.8) is 0 Å². The molecular formula is C24H22ClN5O6S2. The number of nitriles is 1. The number of nitrogens with one attached hydrogen (secondary N) is 3. The van der Waals surface area contributed by atoms with Gasteiger partial charge >= 0.3 is 0 Å². The number of amides is 2. The highest BCUT2D eigenvalue weighted by molar-refractivity contribution is 7.85. The Labute approximate surface area is 227 Å². The highest BCUT2D eigenvalue weighted by Gasteiger charge is 2.21. The lowest BCUT2D eigenvalue weighted by molar-refractivity contribution is 0.102. The van der Waals surface area contributed by atoms with E-state index in [4.69, 9.17) is 26.3 Å². The summed E-state index contributed by atoms with van der Waals surface area (Å²) in [7, 11) is -3.67. The van der Waals surface area contributed by atoms with Gasteiger partial charge in [-0.3, -0.25) is 24.5 Å². The van der Waals surface area contributed by atoms with Gasteiger partial charge < -0.3 is 15.4 Å². The van der Waals surface area contributed by atoms with Gasteiger partial charge in [0.15, 0.2) is 0 Å². The number of hydrogen-bond donors (Lipinski definition) is 4. The molecule has 0 atom stereocenters. The maximum atomic E-state index is 13.1. The third-order valence-electron chi connectivity index (χ3n) is 5.01. The Morgan fingerprint density at radius 2 is 1.82 bits per heavy atom. The molecule has 1 aliphatic rings. The number of ether oxygens (including phenoxy) is 1. The molecule has 0 aliphatic carbocycles. The number of anilines is 3. The van der Waals surface area contributed by atoms with Crippen molar-refractivity contribution >= 4 is 68.0 Å². The molecule has 38 heavy (non-hydrogen) atoms. The summed E-state index contributed by atoms with van der Waals surface area (Å²) in [4.78, 5) is 27.8. The topological polar surface area (TPSA) is 173 Å². The fourth-order valence-corrected chi connectivity index (χ4v) is 4.26. The third-order valence-corrected chi connectivity index (χ3v) is 6.24. The normalized spacial score (nSPS) is 12.6. The maximum Gasteiger partial charge on any atom is 0.289 e. The van der Waals surface area contributed by atoms with E-state index in [-0.39, 0.29) is 17.3 Å². The molecule has 14 heteroatoms. The molecule has 0 unspecified atom stereocenters. The number of rotatable bonds is 5. The van der Waals surface area contributed by atoms with E-state index in [1.165, 1.54) is 6.07 Å². The molecule has 1 fully saturated rings. The van der Waals surface area contributed by atoms with Crippen LogP contribution >= 0.6 is 22.9 Å². The number of halogens is 1. The highest BCUT2D eigenvalue weighted by atomic mass is 35.5. The summed E-state index contributed by atoms with van der Waals surface area (Å²) < 4.78 is 31.5. The van der Waals surface area contributed by atoms with Crippen molar-refractivity contribution in [1.82, 2.24) is 0 Å². The molecule has 3 aromatic rings. The first-order chi connectivity index (χ1) is 17.9. The summed E-state index contributed by atoms with van der Waals surface area (Å²) in [6.07, 6.45) is 0.715. The average Bonchev–Trinajstić information content (AvgIpc) is 3.47. The van der Waals surface area contributed by atoms with Crippen LogP contribution in [0.5, 0.6) is 0 Å². The second-order valence-corrected chi connectivity index (χ2v) is 11.1. The Balaban J connectivity index is 0.000000732. The zero-order valence-electron chi connectivity index (χ0n) is 20.1. The Kier molecular flexibility index (Phi) is 9.08. The van der Waals surface area contributed by atoms with Gasteiger partial charge in [-0.1, -0.05) is 11.6 Å². The van der Waals surface area contributed by atoms with Gasteiger partial charge in [0.25, 0.3) is 28.0 Å². The van der Waals surface area contributed by atoms with E-state index in [0.29, 0.717) is 45.4 Å². The Morgan fingerprint density at radius 1 is 1.16 bits per heavy atom. The number of benzene rings is 2. The minimum absolute atomic E-state index is 0.0860. The van der Waals surface area contributed by atoms with Crippen molar-refractivity contribution in [3.8, 4) is 6.07 Å². The fraction of sp³-hybridized carbons (Fsp3) is 0.167. The Morgan fingerprint density at radius 3 is 2.34 bits per heavy atom. The summed E-state index contributed by atoms with van der Waals surface area (Å²) >= 11 is 7.05. The second kappa shape index (κ2) is 12.1. The lowest BCUT2D eigenvalue weighted by Gasteiger charge is -2.16. The lowest BCUT2D eigenvalue weighted by atomic mass is 10.0. The predicted molar refractivity (Wildman–Crippen MR) is 146 cm³/mol. The summed E-state index contributed by atoms with van der Waals surface area (Å²) in [6.45, 7) is 2.78. The first kappa shape index (κ1) is 28.6. The summed E-state index contributed by atoms with van der Waals surface area (Å²) in [6, 6.07) is 15.4. The minimum Gasteiger partial charge on any atom is -0.463 e. The van der Waals surface area contributed by atoms with Crippen LogP contribution in [0.4, 0.5) is 17.1 Å². The Bertz CT molecular complexity index is 1520. The largest absolute Gasteiger partial charge is 0.463 e. The van der Waals surface area contributed by atoms with E-state index in [1.807, 2.05) is 0 Å². The number of nitrogens with zero attached hydrogens (tertiary/aromatic N) is 2.